The van der Waals surface area contributed by atoms with Crippen LogP contribution in [0.1, 0.15) is 171 Å². The van der Waals surface area contributed by atoms with Crippen LogP contribution in [0.25, 0.3) is 44.1 Å². The SMILES string of the molecule is C.C.CC1(C)O[C@H]2[C@@H](O1)[C@H](n1ccc3c(Cl)ncnc31)O[C@@H]2[C@@H]1OCc2cc(Cl)ccc21.CC1(C)O[C@H]2[C@@H](O1)[C@H](n1ccc3c(Cl)ncnc31)O[C@@H]2[C@H](O)c1ccc(Cl)cc1CO.CC1(C)O[C@H]2[C@@H](O1)[C@H](n1ccc3c(N)ncnc31)O[C@@H]2[C@@H]1OCc2cc(Cl)ccc21.CCc1cc(Cl)ccc1[C@@H](O)[C@H]1O[C@@H](n2ccc3c(Cl)ncnc32)[C@@H]2OC(C)(C)O[C@@H]21.N.O.[Cs+].[F-]. The number of ether oxygens (including phenoxy) is 14. The number of aromatic nitrogens is 12. The first-order valence-electron chi connectivity index (χ1n) is 39.8. The molecule has 0 amide bonds. The number of halogens is 8. The molecular weight excluding hydrogens is 1930 g/mol. The van der Waals surface area contributed by atoms with Crippen molar-refractivity contribution in [3.05, 3.63) is 227 Å². The second-order valence-electron chi connectivity index (χ2n) is 33.1. The summed E-state index contributed by atoms with van der Waals surface area (Å²) in [6.07, 6.45) is 4.03. The summed E-state index contributed by atoms with van der Waals surface area (Å²) in [5.74, 6) is -2.69. The van der Waals surface area contributed by atoms with E-state index in [-0.39, 0.29) is 156 Å². The van der Waals surface area contributed by atoms with E-state index in [1.807, 2.05) is 172 Å². The van der Waals surface area contributed by atoms with E-state index in [9.17, 15) is 15.3 Å². The second kappa shape index (κ2) is 39.0. The molecule has 8 saturated heterocycles. The first kappa shape index (κ1) is 99.9. The maximum Gasteiger partial charge on any atom is 1.00 e. The fraction of sp³-hybridized carbons (Fsp3) is 0.448. The van der Waals surface area contributed by atoms with Crippen molar-refractivity contribution >= 4 is 131 Å². The summed E-state index contributed by atoms with van der Waals surface area (Å²) in [5, 5.41) is 38.9. The van der Waals surface area contributed by atoms with E-state index in [1.165, 1.54) is 25.3 Å². The summed E-state index contributed by atoms with van der Waals surface area (Å²) in [4.78, 5) is 33.7. The van der Waals surface area contributed by atoms with Gasteiger partial charge in [-0.15, -0.1) is 0 Å². The number of fused-ring (bicyclic) bond motifs is 10. The van der Waals surface area contributed by atoms with Crippen molar-refractivity contribution in [2.45, 2.75) is 249 Å². The van der Waals surface area contributed by atoms with E-state index in [1.54, 1.807) is 30.5 Å². The van der Waals surface area contributed by atoms with Gasteiger partial charge in [-0.3, -0.25) is 0 Å². The topological polar surface area (TPSA) is 405 Å². The predicted molar refractivity (Wildman–Crippen MR) is 469 cm³/mol. The number of anilines is 1. The number of nitrogens with zero attached hydrogens (tertiary/aromatic N) is 12. The van der Waals surface area contributed by atoms with Gasteiger partial charge in [-0.05, 0) is 179 Å². The number of hydrogen-bond donors (Lipinski definition) is 5. The largest absolute Gasteiger partial charge is 1.00 e. The number of hydrogen-bond acceptors (Lipinski definition) is 27. The molecule has 10 N–H and O–H groups in total. The Hall–Kier alpha value is -5.59. The monoisotopic (exact) mass is 2020 g/mol. The van der Waals surface area contributed by atoms with Crippen molar-refractivity contribution in [3.8, 4) is 0 Å². The van der Waals surface area contributed by atoms with Gasteiger partial charge in [0.1, 0.15) is 167 Å². The van der Waals surface area contributed by atoms with Gasteiger partial charge in [-0.1, -0.05) is 127 Å². The van der Waals surface area contributed by atoms with Crippen LogP contribution in [0.15, 0.2) is 147 Å². The Kier molecular flexibility index (Phi) is 30.4. The van der Waals surface area contributed by atoms with Gasteiger partial charge in [0.05, 0.1) is 41.4 Å². The quantitative estimate of drug-likeness (QED) is 0.0709. The fourth-order valence-electron chi connectivity index (χ4n) is 18.5. The molecule has 32 nitrogen and oxygen atoms in total. The van der Waals surface area contributed by atoms with Gasteiger partial charge >= 0.3 is 68.9 Å². The number of nitrogens with two attached hydrogens (primary N) is 1. The molecule has 128 heavy (non-hydrogen) atoms. The molecule has 12 aromatic rings. The van der Waals surface area contributed by atoms with Crippen molar-refractivity contribution < 1.29 is 161 Å². The molecule has 680 valence electrons. The zero-order valence-corrected chi connectivity index (χ0v) is 81.0. The number of aryl methyl sites for hydroxylation is 1. The summed E-state index contributed by atoms with van der Waals surface area (Å²) in [5.41, 5.74) is 15.7. The standard InChI is InChI=1S/C22H23Cl2N3O4.C21H21Cl2N3O5.C21H19Cl2N3O4.C21H21ClN4O4.2CH4.Cs.FH.H3N.H2O/c1-4-11-9-12(23)5-6-13(11)15(28)16-17-18(31-22(2,3)30-17)21(29-16)27-8-7-14-19(24)25-10-26-20(14)27;1-21(2)30-16-15(14(28)12-4-3-11(22)7-10(12)8-27)29-20(17(16)31-21)26-6-5-13-18(23)24-9-25-19(13)26;2*1-21(2)29-16-15(14-12-4-3-11(22)7-10(12)8-27-14)28-20(17(16)30-21)26-6-5-13-18(23)24-9-25-19(13)26;;;;;;/h5-10,15-18,21,28H,4H2,1-3H3;3-7,9,14-17,20,27-28H,8H2,1-2H3;3-7,9,14-17,20H,8H2,1-2H3;3-7,9,14-17,20H,8H2,1-2H3,(H2,23,24,25);2*1H4;;1H;1H3;1H2/q;;;;;;+1;;;/p-1/t15-,16-,17-,18-,21-;3*14-,15-,16-,17-,20-;;;;;;/m1111....../s1. The van der Waals surface area contributed by atoms with Gasteiger partial charge in [0, 0.05) is 44.9 Å². The van der Waals surface area contributed by atoms with Gasteiger partial charge in [-0.25, -0.2) is 39.9 Å². The Bertz CT molecular complexity index is 5670. The average Bonchev–Trinajstić information content (AvgIpc) is 1.56. The average molecular weight is 2030 g/mol. The van der Waals surface area contributed by atoms with Crippen molar-refractivity contribution in [3.63, 3.8) is 0 Å². The minimum atomic E-state index is -1.07. The first-order valence-corrected chi connectivity index (χ1v) is 42.4. The zero-order valence-electron chi connectivity index (χ0n) is 69.5. The molecule has 0 aliphatic carbocycles. The van der Waals surface area contributed by atoms with E-state index >= 15 is 0 Å². The molecule has 8 aromatic heterocycles. The first-order chi connectivity index (χ1) is 58.4. The molecule has 0 radical (unpaired) electrons. The normalized spacial score (nSPS) is 28.6. The van der Waals surface area contributed by atoms with Crippen LogP contribution in [0.5, 0.6) is 0 Å². The van der Waals surface area contributed by atoms with Crippen LogP contribution in [-0.2, 0) is 92.6 Å². The molecule has 20 atom stereocenters. The number of aliphatic hydroxyl groups is 3. The Labute approximate surface area is 829 Å². The van der Waals surface area contributed by atoms with Crippen LogP contribution < -0.4 is 85.5 Å². The van der Waals surface area contributed by atoms with E-state index in [2.05, 4.69) is 39.9 Å². The fourth-order valence-corrected chi connectivity index (χ4v) is 19.9. The molecule has 10 aliphatic rings. The number of aliphatic hydroxyl groups excluding tert-OH is 3. The minimum absolute atomic E-state index is 0. The molecule has 4 aromatic carbocycles. The van der Waals surface area contributed by atoms with Crippen molar-refractivity contribution in [2.24, 2.45) is 0 Å². The Balaban J connectivity index is 0.000000144. The number of rotatable bonds is 12. The van der Waals surface area contributed by atoms with Crippen LogP contribution in [-0.4, -0.2) is 175 Å². The summed E-state index contributed by atoms with van der Waals surface area (Å²) in [6, 6.07) is 29.5. The van der Waals surface area contributed by atoms with Crippen molar-refractivity contribution in [1.29, 1.82) is 0 Å². The van der Waals surface area contributed by atoms with Crippen molar-refractivity contribution in [2.75, 3.05) is 5.73 Å². The molecule has 10 aliphatic heterocycles. The second-order valence-corrected chi connectivity index (χ2v) is 35.9. The minimum Gasteiger partial charge on any atom is -1.00 e. The van der Waals surface area contributed by atoms with Gasteiger partial charge in [0.15, 0.2) is 48.1 Å². The summed E-state index contributed by atoms with van der Waals surface area (Å²) < 4.78 is 95.3. The number of benzene rings is 4. The smallest absolute Gasteiger partial charge is 1.00 e. The molecule has 0 saturated carbocycles. The summed E-state index contributed by atoms with van der Waals surface area (Å²) >= 11 is 43.2. The third kappa shape index (κ3) is 18.5. The molecule has 22 rings (SSSR count). The zero-order chi connectivity index (χ0) is 85.1. The van der Waals surface area contributed by atoms with Crippen LogP contribution in [0.4, 0.5) is 5.82 Å². The molecule has 8 fully saturated rings. The molecule has 41 heteroatoms. The summed E-state index contributed by atoms with van der Waals surface area (Å²) in [7, 11) is 0. The maximum atomic E-state index is 11.4. The van der Waals surface area contributed by atoms with Gasteiger partial charge < -0.3 is 122 Å². The third-order valence-electron chi connectivity index (χ3n) is 23.6. The van der Waals surface area contributed by atoms with E-state index in [0.717, 1.165) is 56.0 Å². The molecule has 18 heterocycles. The molecule has 0 unspecified atom stereocenters. The molecule has 0 spiro atoms. The van der Waals surface area contributed by atoms with Crippen LogP contribution >= 0.6 is 81.2 Å². The number of nitrogen functional groups attached to an aromatic ring is 1. The Morgan fingerprint density at radius 3 is 1.09 bits per heavy atom. The molecular formula is C87H97Cl7CsFN14O18. The molecule has 0 bridgehead atoms. The predicted octanol–water partition coefficient (Wildman–Crippen LogP) is 10.2. The van der Waals surface area contributed by atoms with E-state index in [4.69, 9.17) is 153 Å². The van der Waals surface area contributed by atoms with Gasteiger partial charge in [-0.2, -0.15) is 0 Å². The van der Waals surface area contributed by atoms with Gasteiger partial charge in [0.25, 0.3) is 0 Å². The van der Waals surface area contributed by atoms with Crippen LogP contribution in [0, 0.1) is 0 Å². The van der Waals surface area contributed by atoms with Crippen LogP contribution in [0.3, 0.4) is 0 Å². The van der Waals surface area contributed by atoms with Gasteiger partial charge in [0.2, 0.25) is 0 Å². The Morgan fingerprint density at radius 2 is 0.711 bits per heavy atom. The third-order valence-corrected chi connectivity index (χ3v) is 25.4. The summed E-state index contributed by atoms with van der Waals surface area (Å²) in [6.45, 7) is 17.7. The van der Waals surface area contributed by atoms with Crippen molar-refractivity contribution in [1.82, 2.24) is 64.3 Å². The maximum absolute atomic E-state index is 11.4. The van der Waals surface area contributed by atoms with Crippen LogP contribution in [0.2, 0.25) is 35.5 Å². The Morgan fingerprint density at radius 1 is 0.406 bits per heavy atom. The van der Waals surface area contributed by atoms with E-state index < -0.39 is 96.9 Å². The van der Waals surface area contributed by atoms with E-state index in [0.29, 0.717) is 93.7 Å².